The van der Waals surface area contributed by atoms with Crippen LogP contribution in [0.3, 0.4) is 0 Å². The molecule has 0 spiro atoms. The van der Waals surface area contributed by atoms with Gasteiger partial charge in [0.05, 0.1) is 41.9 Å². The van der Waals surface area contributed by atoms with E-state index in [1.54, 1.807) is 16.9 Å². The van der Waals surface area contributed by atoms with Crippen LogP contribution in [0.15, 0.2) is 23.6 Å². The third kappa shape index (κ3) is 3.32. The Morgan fingerprint density at radius 2 is 2.17 bits per heavy atom. The average molecular weight is 445 g/mol. The first kappa shape index (κ1) is 20.6. The maximum atomic E-state index is 14.5. The summed E-state index contributed by atoms with van der Waals surface area (Å²) < 4.78 is 60.3. The van der Waals surface area contributed by atoms with E-state index in [-0.39, 0.29) is 6.54 Å². The summed E-state index contributed by atoms with van der Waals surface area (Å²) in [6, 6.07) is 0.910. The predicted molar refractivity (Wildman–Crippen MR) is 96.7 cm³/mol. The Labute approximate surface area is 171 Å². The van der Waals surface area contributed by atoms with E-state index in [0.29, 0.717) is 23.4 Å². The number of halogens is 4. The van der Waals surface area contributed by atoms with Crippen LogP contribution in [-0.2, 0) is 17.0 Å². The molecule has 2 N–H and O–H groups in total. The number of carbonyl (C=O) groups excluding carboxylic acids is 1. The second kappa shape index (κ2) is 7.56. The van der Waals surface area contributed by atoms with Crippen molar-refractivity contribution in [2.24, 2.45) is 0 Å². The van der Waals surface area contributed by atoms with Gasteiger partial charge in [0.1, 0.15) is 11.5 Å². The molecule has 2 aliphatic heterocycles. The number of benzene rings is 1. The van der Waals surface area contributed by atoms with Crippen LogP contribution in [0.2, 0.25) is 0 Å². The Balaban J connectivity index is 1.73. The summed E-state index contributed by atoms with van der Waals surface area (Å²) >= 11 is 1.04. The van der Waals surface area contributed by atoms with Crippen LogP contribution in [0.25, 0.3) is 5.70 Å². The highest BCUT2D eigenvalue weighted by atomic mass is 32.2. The third-order valence-corrected chi connectivity index (χ3v) is 5.45. The van der Waals surface area contributed by atoms with Gasteiger partial charge >= 0.3 is 6.18 Å². The first-order valence-corrected chi connectivity index (χ1v) is 9.55. The monoisotopic (exact) mass is 445 g/mol. The van der Waals surface area contributed by atoms with E-state index in [1.807, 2.05) is 0 Å². The van der Waals surface area contributed by atoms with Gasteiger partial charge in [0.2, 0.25) is 0 Å². The van der Waals surface area contributed by atoms with Crippen LogP contribution in [0.5, 0.6) is 0 Å². The van der Waals surface area contributed by atoms with E-state index in [2.05, 4.69) is 15.7 Å². The number of fused-ring (bicyclic) bond motifs is 1. The van der Waals surface area contributed by atoms with Crippen LogP contribution < -0.4 is 5.48 Å². The van der Waals surface area contributed by atoms with E-state index >= 15 is 0 Å². The van der Waals surface area contributed by atoms with Crippen LogP contribution >= 0.6 is 12.0 Å². The predicted octanol–water partition coefficient (Wildman–Crippen LogP) is 2.50. The molecule has 2 aromatic rings. The number of nitrogens with zero attached hydrogens (tertiary/aromatic N) is 4. The third-order valence-electron chi connectivity index (χ3n) is 4.94. The number of hydrogen-bond acceptors (Lipinski definition) is 7. The Hall–Kier alpha value is -2.64. The van der Waals surface area contributed by atoms with Gasteiger partial charge in [-0.15, -0.1) is 10.2 Å². The molecule has 2 atom stereocenters. The van der Waals surface area contributed by atoms with Crippen molar-refractivity contribution in [3.63, 3.8) is 0 Å². The van der Waals surface area contributed by atoms with Crippen molar-refractivity contribution in [3.8, 4) is 0 Å². The van der Waals surface area contributed by atoms with E-state index < -0.39 is 47.7 Å². The zero-order chi connectivity index (χ0) is 21.6. The fourth-order valence-corrected chi connectivity index (χ4v) is 3.98. The van der Waals surface area contributed by atoms with Crippen LogP contribution in [0.1, 0.15) is 40.5 Å². The summed E-state index contributed by atoms with van der Waals surface area (Å²) in [4.78, 5) is 14.2. The summed E-state index contributed by atoms with van der Waals surface area (Å²) in [5.41, 5.74) is 0.924. The number of aromatic nitrogens is 3. The molecule has 2 unspecified atom stereocenters. The minimum Gasteiger partial charge on any atom is -0.394 e. The number of aliphatic hydroxyl groups excluding tert-OH is 1. The van der Waals surface area contributed by atoms with Crippen molar-refractivity contribution in [3.05, 3.63) is 52.2 Å². The van der Waals surface area contributed by atoms with Gasteiger partial charge in [-0.1, -0.05) is 6.07 Å². The van der Waals surface area contributed by atoms with Crippen molar-refractivity contribution < 1.29 is 31.7 Å². The summed E-state index contributed by atoms with van der Waals surface area (Å²) in [7, 11) is 0. The zero-order valence-corrected chi connectivity index (χ0v) is 16.2. The molecule has 1 aromatic carbocycles. The number of hydroxylamine groups is 1. The number of rotatable bonds is 3. The van der Waals surface area contributed by atoms with Crippen LogP contribution in [-0.4, -0.2) is 43.3 Å². The molecule has 0 radical (unpaired) electrons. The van der Waals surface area contributed by atoms with Crippen molar-refractivity contribution >= 4 is 23.6 Å². The summed E-state index contributed by atoms with van der Waals surface area (Å²) in [6.45, 7) is 1.15. The average Bonchev–Trinajstić information content (AvgIpc) is 3.36. The number of nitrogens with one attached hydrogen (secondary N) is 1. The van der Waals surface area contributed by atoms with E-state index in [1.165, 1.54) is 0 Å². The molecule has 0 bridgehead atoms. The summed E-state index contributed by atoms with van der Waals surface area (Å²) in [6.07, 6.45) is -4.94. The molecule has 0 aliphatic carbocycles. The van der Waals surface area contributed by atoms with Crippen molar-refractivity contribution in [2.75, 3.05) is 6.61 Å². The van der Waals surface area contributed by atoms with E-state index in [4.69, 9.17) is 4.28 Å². The molecule has 160 valence electrons. The molecule has 0 saturated carbocycles. The lowest BCUT2D eigenvalue weighted by Gasteiger charge is -2.40. The minimum atomic E-state index is -4.94. The SMILES string of the molecule is CC1c2nnc(C3=CSON3)n2CC(CO)N1C(=O)c1cccc(C(F)(F)F)c1F. The standard InChI is InChI=1S/C17H15F4N5O3S/c1-8-14-22-23-15(12-7-30-29-24-12)25(14)5-9(6-27)26(8)16(28)10-3-2-4-11(13(10)18)17(19,20)21/h2-4,7-9,24,27H,5-6H2,1H3. The fourth-order valence-electron chi connectivity index (χ4n) is 3.55. The van der Waals surface area contributed by atoms with Gasteiger partial charge in [0.15, 0.2) is 11.6 Å². The van der Waals surface area contributed by atoms with Crippen molar-refractivity contribution in [1.29, 1.82) is 0 Å². The van der Waals surface area contributed by atoms with Gasteiger partial charge in [-0.2, -0.15) is 13.2 Å². The van der Waals surface area contributed by atoms with Gasteiger partial charge in [-0.25, -0.2) is 14.2 Å². The van der Waals surface area contributed by atoms with E-state index in [9.17, 15) is 27.5 Å². The highest BCUT2D eigenvalue weighted by Crippen LogP contribution is 2.36. The van der Waals surface area contributed by atoms with E-state index in [0.717, 1.165) is 29.1 Å². The molecular formula is C17H15F4N5O3S. The number of carbonyl (C=O) groups is 1. The molecule has 0 fully saturated rings. The second-order valence-corrected chi connectivity index (χ2v) is 7.29. The highest BCUT2D eigenvalue weighted by molar-refractivity contribution is 7.98. The second-order valence-electron chi connectivity index (χ2n) is 6.70. The zero-order valence-electron chi connectivity index (χ0n) is 15.4. The lowest BCUT2D eigenvalue weighted by Crippen LogP contribution is -2.51. The van der Waals surface area contributed by atoms with Crippen LogP contribution in [0.4, 0.5) is 17.6 Å². The molecule has 4 rings (SSSR count). The lowest BCUT2D eigenvalue weighted by molar-refractivity contribution is -0.140. The smallest absolute Gasteiger partial charge is 0.394 e. The molecular weight excluding hydrogens is 430 g/mol. The highest BCUT2D eigenvalue weighted by Gasteiger charge is 2.41. The van der Waals surface area contributed by atoms with Crippen molar-refractivity contribution in [2.45, 2.75) is 31.7 Å². The Kier molecular flexibility index (Phi) is 5.20. The summed E-state index contributed by atoms with van der Waals surface area (Å²) in [5, 5.41) is 19.7. The van der Waals surface area contributed by atoms with Gasteiger partial charge in [0, 0.05) is 12.0 Å². The van der Waals surface area contributed by atoms with Crippen molar-refractivity contribution in [1.82, 2.24) is 25.1 Å². The van der Waals surface area contributed by atoms with Crippen LogP contribution in [0, 0.1) is 5.82 Å². The number of alkyl halides is 3. The topological polar surface area (TPSA) is 92.5 Å². The Bertz CT molecular complexity index is 1030. The molecule has 2 aliphatic rings. The molecule has 1 amide bonds. The molecule has 0 saturated heterocycles. The van der Waals surface area contributed by atoms with Gasteiger partial charge in [-0.05, 0) is 19.1 Å². The maximum absolute atomic E-state index is 14.5. The maximum Gasteiger partial charge on any atom is 0.419 e. The lowest BCUT2D eigenvalue weighted by atomic mass is 10.0. The summed E-state index contributed by atoms with van der Waals surface area (Å²) in [5.74, 6) is -1.87. The minimum absolute atomic E-state index is 0.0640. The fraction of sp³-hybridized carbons (Fsp3) is 0.353. The Morgan fingerprint density at radius 1 is 1.40 bits per heavy atom. The molecule has 3 heterocycles. The molecule has 1 aromatic heterocycles. The first-order valence-electron chi connectivity index (χ1n) is 8.75. The number of aliphatic hydroxyl groups is 1. The first-order chi connectivity index (χ1) is 14.2. The Morgan fingerprint density at radius 3 is 2.80 bits per heavy atom. The van der Waals surface area contributed by atoms with Gasteiger partial charge < -0.3 is 14.6 Å². The molecule has 30 heavy (non-hydrogen) atoms. The molecule has 13 heteroatoms. The quantitative estimate of drug-likeness (QED) is 0.554. The van der Waals surface area contributed by atoms with Gasteiger partial charge in [-0.3, -0.25) is 4.79 Å². The number of hydrogen-bond donors (Lipinski definition) is 2. The normalized spacial score (nSPS) is 21.3. The molecule has 8 nitrogen and oxygen atoms in total. The number of amides is 1. The van der Waals surface area contributed by atoms with Gasteiger partial charge in [0.25, 0.3) is 5.91 Å². The largest absolute Gasteiger partial charge is 0.419 e.